The van der Waals surface area contributed by atoms with Crippen LogP contribution in [0.1, 0.15) is 57.7 Å². The van der Waals surface area contributed by atoms with Crippen LogP contribution in [0.4, 0.5) is 0 Å². The fraction of sp³-hybridized carbons (Fsp3) is 0.500. The van der Waals surface area contributed by atoms with Crippen molar-refractivity contribution in [3.8, 4) is 0 Å². The lowest BCUT2D eigenvalue weighted by atomic mass is 9.88. The van der Waals surface area contributed by atoms with Gasteiger partial charge in [0.1, 0.15) is 5.56 Å². The van der Waals surface area contributed by atoms with Crippen LogP contribution in [0.25, 0.3) is 0 Å². The maximum Gasteiger partial charge on any atom is 0.289 e. The Labute approximate surface area is 173 Å². The molecule has 0 atom stereocenters. The Morgan fingerprint density at radius 3 is 2.60 bits per heavy atom. The molecule has 158 valence electrons. The highest BCUT2D eigenvalue weighted by atomic mass is 16.5. The Kier molecular flexibility index (Phi) is 4.73. The highest BCUT2D eigenvalue weighted by molar-refractivity contribution is 5.96. The van der Waals surface area contributed by atoms with E-state index in [-0.39, 0.29) is 34.3 Å². The third-order valence-electron chi connectivity index (χ3n) is 6.67. The molecule has 0 bridgehead atoms. The van der Waals surface area contributed by atoms with Crippen molar-refractivity contribution in [1.82, 2.24) is 14.8 Å². The quantitative estimate of drug-likeness (QED) is 0.815. The van der Waals surface area contributed by atoms with E-state index in [2.05, 4.69) is 4.98 Å². The summed E-state index contributed by atoms with van der Waals surface area (Å²) in [5.74, 6) is -0.120. The zero-order valence-electron chi connectivity index (χ0n) is 16.8. The van der Waals surface area contributed by atoms with Crippen LogP contribution in [0.2, 0.25) is 0 Å². The number of furan rings is 1. The van der Waals surface area contributed by atoms with Gasteiger partial charge in [-0.15, -0.1) is 0 Å². The summed E-state index contributed by atoms with van der Waals surface area (Å²) in [6.07, 6.45) is 7.32. The monoisotopic (exact) mass is 411 g/mol. The van der Waals surface area contributed by atoms with Gasteiger partial charge in [-0.3, -0.25) is 14.4 Å². The summed E-state index contributed by atoms with van der Waals surface area (Å²) in [6, 6.07) is 3.32. The standard InChI is InChI=1S/C22H25N3O5/c26-19-18(21(28)24-9-6-22(7-10-24)5-2-12-30-22)16-4-8-25(14-15(16)13-23-19)20(27)17-3-1-11-29-17/h1,3,11,13H,2,4-10,12,14H2,(H,23,26). The highest BCUT2D eigenvalue weighted by Gasteiger charge is 2.40. The summed E-state index contributed by atoms with van der Waals surface area (Å²) in [4.78, 5) is 44.6. The zero-order chi connectivity index (χ0) is 20.7. The Morgan fingerprint density at radius 2 is 1.90 bits per heavy atom. The van der Waals surface area contributed by atoms with Crippen molar-refractivity contribution in [3.63, 3.8) is 0 Å². The van der Waals surface area contributed by atoms with Gasteiger partial charge in [0, 0.05) is 39.0 Å². The van der Waals surface area contributed by atoms with E-state index < -0.39 is 0 Å². The topological polar surface area (TPSA) is 95.8 Å². The molecule has 1 spiro atoms. The number of aromatic nitrogens is 1. The van der Waals surface area contributed by atoms with E-state index in [4.69, 9.17) is 9.15 Å². The van der Waals surface area contributed by atoms with E-state index in [9.17, 15) is 14.4 Å². The second-order valence-corrected chi connectivity index (χ2v) is 8.38. The number of fused-ring (bicyclic) bond motifs is 1. The van der Waals surface area contributed by atoms with Crippen LogP contribution in [0.3, 0.4) is 0 Å². The Hall–Kier alpha value is -2.87. The number of ether oxygens (including phenoxy) is 1. The smallest absolute Gasteiger partial charge is 0.289 e. The first-order valence-corrected chi connectivity index (χ1v) is 10.6. The van der Waals surface area contributed by atoms with Gasteiger partial charge in [0.2, 0.25) is 0 Å². The number of carbonyl (C=O) groups excluding carboxylic acids is 2. The molecule has 2 aromatic heterocycles. The molecule has 2 amide bonds. The van der Waals surface area contributed by atoms with Gasteiger partial charge in [0.25, 0.3) is 17.4 Å². The van der Waals surface area contributed by atoms with Crippen molar-refractivity contribution in [1.29, 1.82) is 0 Å². The Bertz CT molecular complexity index is 1010. The maximum atomic E-state index is 13.3. The molecule has 5 heterocycles. The molecule has 8 nitrogen and oxygen atoms in total. The average Bonchev–Trinajstić information content (AvgIpc) is 3.46. The van der Waals surface area contributed by atoms with E-state index in [1.165, 1.54) is 6.26 Å². The first kappa shape index (κ1) is 19.1. The lowest BCUT2D eigenvalue weighted by Gasteiger charge is -2.39. The first-order chi connectivity index (χ1) is 14.6. The largest absolute Gasteiger partial charge is 0.459 e. The third kappa shape index (κ3) is 3.25. The SMILES string of the molecule is O=C(c1ccco1)N1CCc2c(c[nH]c(=O)c2C(=O)N2CCC3(CCCO3)CC2)C1. The molecular weight excluding hydrogens is 386 g/mol. The van der Waals surface area contributed by atoms with Gasteiger partial charge >= 0.3 is 0 Å². The predicted molar refractivity (Wildman–Crippen MR) is 107 cm³/mol. The number of likely N-dealkylation sites (tertiary alicyclic amines) is 1. The van der Waals surface area contributed by atoms with E-state index in [0.29, 0.717) is 32.6 Å². The predicted octanol–water partition coefficient (Wildman–Crippen LogP) is 1.95. The van der Waals surface area contributed by atoms with Gasteiger partial charge in [0.15, 0.2) is 5.76 Å². The Morgan fingerprint density at radius 1 is 1.07 bits per heavy atom. The van der Waals surface area contributed by atoms with Crippen molar-refractivity contribution in [2.24, 2.45) is 0 Å². The first-order valence-electron chi connectivity index (χ1n) is 10.6. The van der Waals surface area contributed by atoms with Crippen LogP contribution in [0, 0.1) is 0 Å². The number of hydrogen-bond acceptors (Lipinski definition) is 5. The summed E-state index contributed by atoms with van der Waals surface area (Å²) >= 11 is 0. The molecule has 3 aliphatic heterocycles. The van der Waals surface area contributed by atoms with Crippen LogP contribution >= 0.6 is 0 Å². The summed E-state index contributed by atoms with van der Waals surface area (Å²) in [5.41, 5.74) is 1.34. The van der Waals surface area contributed by atoms with E-state index in [1.807, 2.05) is 0 Å². The number of aromatic amines is 1. The normalized spacial score (nSPS) is 20.4. The van der Waals surface area contributed by atoms with Crippen LogP contribution in [0.5, 0.6) is 0 Å². The Balaban J connectivity index is 1.36. The lowest BCUT2D eigenvalue weighted by Crippen LogP contribution is -2.48. The van der Waals surface area contributed by atoms with Gasteiger partial charge in [0.05, 0.1) is 11.9 Å². The van der Waals surface area contributed by atoms with Crippen LogP contribution in [-0.4, -0.2) is 58.4 Å². The molecule has 2 saturated heterocycles. The van der Waals surface area contributed by atoms with Crippen molar-refractivity contribution >= 4 is 11.8 Å². The van der Waals surface area contributed by atoms with Crippen LogP contribution in [-0.2, 0) is 17.7 Å². The number of rotatable bonds is 2. The van der Waals surface area contributed by atoms with Gasteiger partial charge in [-0.1, -0.05) is 0 Å². The summed E-state index contributed by atoms with van der Waals surface area (Å²) in [5, 5.41) is 0. The fourth-order valence-electron chi connectivity index (χ4n) is 4.95. The highest BCUT2D eigenvalue weighted by Crippen LogP contribution is 2.36. The minimum atomic E-state index is -0.359. The van der Waals surface area contributed by atoms with E-state index >= 15 is 0 Å². The van der Waals surface area contributed by atoms with Crippen molar-refractivity contribution in [2.75, 3.05) is 26.2 Å². The molecule has 0 saturated carbocycles. The van der Waals surface area contributed by atoms with Gasteiger partial charge in [-0.25, -0.2) is 0 Å². The lowest BCUT2D eigenvalue weighted by molar-refractivity contribution is -0.0387. The molecule has 2 fully saturated rings. The van der Waals surface area contributed by atoms with Gasteiger partial charge < -0.3 is 23.9 Å². The van der Waals surface area contributed by atoms with E-state index in [0.717, 1.165) is 43.4 Å². The molecule has 1 N–H and O–H groups in total. The molecule has 30 heavy (non-hydrogen) atoms. The van der Waals surface area contributed by atoms with Gasteiger partial charge in [-0.05, 0) is 55.4 Å². The van der Waals surface area contributed by atoms with Gasteiger partial charge in [-0.2, -0.15) is 0 Å². The second-order valence-electron chi connectivity index (χ2n) is 8.38. The van der Waals surface area contributed by atoms with Crippen molar-refractivity contribution < 1.29 is 18.7 Å². The zero-order valence-corrected chi connectivity index (χ0v) is 16.8. The minimum absolute atomic E-state index is 0.0774. The summed E-state index contributed by atoms with van der Waals surface area (Å²) in [6.45, 7) is 2.78. The third-order valence-corrected chi connectivity index (χ3v) is 6.67. The molecule has 0 radical (unpaired) electrons. The number of amides is 2. The molecule has 3 aliphatic rings. The summed E-state index contributed by atoms with van der Waals surface area (Å²) < 4.78 is 11.2. The fourth-order valence-corrected chi connectivity index (χ4v) is 4.95. The number of piperidine rings is 1. The number of pyridine rings is 1. The number of H-pyrrole nitrogens is 1. The molecule has 0 aromatic carbocycles. The van der Waals surface area contributed by atoms with E-state index in [1.54, 1.807) is 28.1 Å². The van der Waals surface area contributed by atoms with Crippen LogP contribution in [0.15, 0.2) is 33.8 Å². The number of hydrogen-bond donors (Lipinski definition) is 1. The molecule has 5 rings (SSSR count). The molecular formula is C22H25N3O5. The molecule has 0 aliphatic carbocycles. The average molecular weight is 411 g/mol. The number of carbonyl (C=O) groups is 2. The molecule has 2 aromatic rings. The maximum absolute atomic E-state index is 13.3. The summed E-state index contributed by atoms with van der Waals surface area (Å²) in [7, 11) is 0. The number of nitrogens with one attached hydrogen (secondary N) is 1. The van der Waals surface area contributed by atoms with Crippen LogP contribution < -0.4 is 5.56 Å². The molecule has 0 unspecified atom stereocenters. The molecule has 8 heteroatoms. The number of nitrogens with zero attached hydrogens (tertiary/aromatic N) is 2. The minimum Gasteiger partial charge on any atom is -0.459 e. The van der Waals surface area contributed by atoms with Crippen molar-refractivity contribution in [2.45, 2.75) is 44.2 Å². The van der Waals surface area contributed by atoms with Crippen molar-refractivity contribution in [3.05, 3.63) is 57.4 Å². The second kappa shape index (κ2) is 7.43.